The third kappa shape index (κ3) is 3.59. The van der Waals surface area contributed by atoms with Crippen LogP contribution < -0.4 is 11.1 Å². The molecule has 1 heterocycles. The fraction of sp³-hybridized carbons (Fsp3) is 0.600. The van der Waals surface area contributed by atoms with Gasteiger partial charge in [-0.25, -0.2) is 0 Å². The number of hydrogen-bond acceptors (Lipinski definition) is 4. The number of nitrogens with one attached hydrogen (secondary N) is 1. The second-order valence-corrected chi connectivity index (χ2v) is 11.1. The molecule has 5 fully saturated rings. The zero-order valence-electron chi connectivity index (χ0n) is 18.9. The van der Waals surface area contributed by atoms with Gasteiger partial charge in [0.25, 0.3) is 0 Å². The lowest BCUT2D eigenvalue weighted by molar-refractivity contribution is -0.144. The summed E-state index contributed by atoms with van der Waals surface area (Å²) in [6.45, 7) is 2.90. The number of rotatable bonds is 5. The Bertz CT molecular complexity index is 1050. The minimum Gasteiger partial charge on any atom is -0.369 e. The zero-order chi connectivity index (χ0) is 23.4. The molecule has 3 unspecified atom stereocenters. The Morgan fingerprint density at radius 2 is 2.00 bits per heavy atom. The summed E-state index contributed by atoms with van der Waals surface area (Å²) in [5, 5.41) is 12.9. The lowest BCUT2D eigenvalue weighted by Crippen LogP contribution is -2.58. The highest BCUT2D eigenvalue weighted by molar-refractivity contribution is 6.31. The number of amides is 2. The number of primary amides is 1. The Kier molecular flexibility index (Phi) is 5.40. The van der Waals surface area contributed by atoms with Crippen LogP contribution in [0.25, 0.3) is 0 Å². The number of nitrogens with zero attached hydrogens (tertiary/aromatic N) is 3. The van der Waals surface area contributed by atoms with Gasteiger partial charge < -0.3 is 10.6 Å². The zero-order valence-corrected chi connectivity index (χ0v) is 19.6. The SMILES string of the molecule is CC1(C(=NC2C3CC4CC2CC(C(N)=O)(C4)C3)NC#N)CCN(Cc2ccccc2Cl)C1=O. The summed E-state index contributed by atoms with van der Waals surface area (Å²) in [4.78, 5) is 32.7. The van der Waals surface area contributed by atoms with Crippen molar-refractivity contribution in [2.75, 3.05) is 6.54 Å². The number of halogens is 1. The molecule has 1 aromatic carbocycles. The van der Waals surface area contributed by atoms with Crippen LogP contribution in [0.5, 0.6) is 0 Å². The molecule has 4 saturated carbocycles. The van der Waals surface area contributed by atoms with Crippen molar-refractivity contribution in [3.8, 4) is 6.19 Å². The Labute approximate surface area is 199 Å². The summed E-state index contributed by atoms with van der Waals surface area (Å²) in [6, 6.07) is 7.56. The van der Waals surface area contributed by atoms with Crippen molar-refractivity contribution in [2.24, 2.45) is 39.3 Å². The van der Waals surface area contributed by atoms with E-state index in [4.69, 9.17) is 22.3 Å². The number of nitrogens with two attached hydrogens (primary N) is 1. The van der Waals surface area contributed by atoms with E-state index in [2.05, 4.69) is 5.32 Å². The van der Waals surface area contributed by atoms with E-state index in [0.717, 1.165) is 37.7 Å². The predicted molar refractivity (Wildman–Crippen MR) is 125 cm³/mol. The van der Waals surface area contributed by atoms with E-state index in [9.17, 15) is 14.9 Å². The minimum atomic E-state index is -0.882. The molecule has 1 aromatic rings. The molecule has 0 aromatic heterocycles. The number of carbonyl (C=O) groups excluding carboxylic acids is 2. The highest BCUT2D eigenvalue weighted by Gasteiger charge is 2.58. The van der Waals surface area contributed by atoms with Crippen molar-refractivity contribution in [1.82, 2.24) is 10.2 Å². The lowest BCUT2D eigenvalue weighted by Gasteiger charge is -2.57. The smallest absolute Gasteiger partial charge is 0.236 e. The second-order valence-electron chi connectivity index (χ2n) is 10.7. The molecule has 1 saturated heterocycles. The maximum Gasteiger partial charge on any atom is 0.236 e. The first-order valence-corrected chi connectivity index (χ1v) is 12.2. The van der Waals surface area contributed by atoms with Gasteiger partial charge in [-0.1, -0.05) is 29.8 Å². The monoisotopic (exact) mass is 467 g/mol. The molecular weight excluding hydrogens is 438 g/mol. The maximum absolute atomic E-state index is 13.5. The van der Waals surface area contributed by atoms with Gasteiger partial charge in [-0.2, -0.15) is 5.26 Å². The molecule has 6 rings (SSSR count). The van der Waals surface area contributed by atoms with Gasteiger partial charge in [0.15, 0.2) is 6.19 Å². The van der Waals surface area contributed by atoms with Crippen LogP contribution in [0.2, 0.25) is 5.02 Å². The molecular formula is C25H30ClN5O2. The molecule has 3 atom stereocenters. The molecule has 33 heavy (non-hydrogen) atoms. The third-order valence-corrected chi connectivity index (χ3v) is 9.05. The largest absolute Gasteiger partial charge is 0.369 e. The summed E-state index contributed by atoms with van der Waals surface area (Å²) in [5.74, 6) is 1.33. The summed E-state index contributed by atoms with van der Waals surface area (Å²) >= 11 is 6.32. The molecule has 1 aliphatic heterocycles. The van der Waals surface area contributed by atoms with Gasteiger partial charge in [-0.15, -0.1) is 0 Å². The van der Waals surface area contributed by atoms with E-state index in [1.165, 1.54) is 0 Å². The summed E-state index contributed by atoms with van der Waals surface area (Å²) in [7, 11) is 0. The molecule has 3 N–H and O–H groups in total. The normalized spacial score (nSPS) is 37.3. The van der Waals surface area contributed by atoms with Crippen LogP contribution in [0.15, 0.2) is 29.3 Å². The first-order chi connectivity index (χ1) is 15.8. The maximum atomic E-state index is 13.5. The van der Waals surface area contributed by atoms with Gasteiger partial charge in [-0.3, -0.25) is 19.9 Å². The van der Waals surface area contributed by atoms with Gasteiger partial charge in [0.05, 0.1) is 6.04 Å². The average molecular weight is 468 g/mol. The molecule has 8 heteroatoms. The molecule has 0 radical (unpaired) electrons. The van der Waals surface area contributed by atoms with Crippen molar-refractivity contribution in [1.29, 1.82) is 5.26 Å². The second kappa shape index (κ2) is 8.02. The van der Waals surface area contributed by atoms with Crippen LogP contribution in [0.1, 0.15) is 51.0 Å². The van der Waals surface area contributed by atoms with Gasteiger partial charge >= 0.3 is 0 Å². The molecule has 174 valence electrons. The van der Waals surface area contributed by atoms with Crippen LogP contribution in [0.4, 0.5) is 0 Å². The molecule has 5 aliphatic rings. The van der Waals surface area contributed by atoms with Crippen LogP contribution in [0.3, 0.4) is 0 Å². The van der Waals surface area contributed by atoms with Crippen molar-refractivity contribution >= 4 is 29.3 Å². The molecule has 7 nitrogen and oxygen atoms in total. The summed E-state index contributed by atoms with van der Waals surface area (Å²) in [5.41, 5.74) is 5.46. The number of carbonyl (C=O) groups is 2. The average Bonchev–Trinajstić information content (AvgIpc) is 3.06. The molecule has 4 bridgehead atoms. The predicted octanol–water partition coefficient (Wildman–Crippen LogP) is 3.23. The summed E-state index contributed by atoms with van der Waals surface area (Å²) < 4.78 is 0. The van der Waals surface area contributed by atoms with Crippen molar-refractivity contribution in [2.45, 2.75) is 58.0 Å². The number of hydrogen-bond donors (Lipinski definition) is 2. The topological polar surface area (TPSA) is 112 Å². The van der Waals surface area contributed by atoms with Crippen LogP contribution in [0, 0.1) is 40.0 Å². The van der Waals surface area contributed by atoms with E-state index in [0.29, 0.717) is 36.3 Å². The van der Waals surface area contributed by atoms with Crippen molar-refractivity contribution < 1.29 is 9.59 Å². The summed E-state index contributed by atoms with van der Waals surface area (Å²) in [6.07, 6.45) is 7.13. The van der Waals surface area contributed by atoms with Crippen molar-refractivity contribution in [3.63, 3.8) is 0 Å². The highest BCUT2D eigenvalue weighted by atomic mass is 35.5. The van der Waals surface area contributed by atoms with Gasteiger partial charge in [0.2, 0.25) is 11.8 Å². The fourth-order valence-corrected chi connectivity index (χ4v) is 7.34. The lowest BCUT2D eigenvalue weighted by atomic mass is 9.47. The first kappa shape index (κ1) is 22.2. The van der Waals surface area contributed by atoms with Crippen LogP contribution in [-0.2, 0) is 16.1 Å². The number of nitriles is 1. The standard InChI is InChI=1S/C25H30ClN5O2/c1-24(6-7-31(23(24)33)13-16-4-2-3-5-19(16)26)22(29-14-27)30-20-17-8-15-9-18(20)12-25(10-15,11-17)21(28)32/h2-5,15,17-18,20H,6-13H2,1H3,(H2,28,32)(H,29,30). The molecule has 0 spiro atoms. The van der Waals surface area contributed by atoms with Gasteiger partial charge in [0.1, 0.15) is 11.3 Å². The quantitative estimate of drug-likeness (QED) is 0.299. The highest BCUT2D eigenvalue weighted by Crippen LogP contribution is 2.60. The first-order valence-electron chi connectivity index (χ1n) is 11.8. The Morgan fingerprint density at radius 3 is 2.64 bits per heavy atom. The van der Waals surface area contributed by atoms with E-state index in [1.807, 2.05) is 37.4 Å². The molecule has 4 aliphatic carbocycles. The van der Waals surface area contributed by atoms with E-state index in [-0.39, 0.29) is 35.1 Å². The number of aliphatic imine (C=N–C) groups is 1. The minimum absolute atomic E-state index is 0.0205. The number of benzene rings is 1. The third-order valence-electron chi connectivity index (χ3n) is 8.68. The Morgan fingerprint density at radius 1 is 1.30 bits per heavy atom. The van der Waals surface area contributed by atoms with Gasteiger partial charge in [-0.05, 0) is 74.8 Å². The number of amidine groups is 1. The Hall–Kier alpha value is -2.59. The number of likely N-dealkylation sites (tertiary alicyclic amines) is 1. The van der Waals surface area contributed by atoms with Gasteiger partial charge in [0, 0.05) is 23.5 Å². The Balaban J connectivity index is 1.40. The van der Waals surface area contributed by atoms with E-state index in [1.54, 1.807) is 4.90 Å². The van der Waals surface area contributed by atoms with Crippen LogP contribution in [-0.4, -0.2) is 35.1 Å². The molecule has 2 amide bonds. The van der Waals surface area contributed by atoms with Crippen LogP contribution >= 0.6 is 11.6 Å². The fourth-order valence-electron chi connectivity index (χ4n) is 7.14. The van der Waals surface area contributed by atoms with Crippen molar-refractivity contribution in [3.05, 3.63) is 34.9 Å². The van der Waals surface area contributed by atoms with E-state index >= 15 is 0 Å². The van der Waals surface area contributed by atoms with E-state index < -0.39 is 5.41 Å².